The van der Waals surface area contributed by atoms with Crippen LogP contribution in [0, 0.1) is 0 Å². The topological polar surface area (TPSA) is 50.2 Å². The zero-order chi connectivity index (χ0) is 14.6. The lowest BCUT2D eigenvalue weighted by Crippen LogP contribution is -2.06. The van der Waals surface area contributed by atoms with Crippen LogP contribution in [0.4, 0.5) is 0 Å². The molecule has 1 atom stereocenters. The summed E-state index contributed by atoms with van der Waals surface area (Å²) in [4.78, 5) is 16.6. The number of carbonyl (C=O) groups is 1. The van der Waals surface area contributed by atoms with E-state index in [4.69, 9.17) is 4.98 Å². The predicted octanol–water partition coefficient (Wildman–Crippen LogP) is 4.07. The van der Waals surface area contributed by atoms with Gasteiger partial charge in [0.1, 0.15) is 0 Å². The summed E-state index contributed by atoms with van der Waals surface area (Å²) in [5.41, 5.74) is 4.97. The van der Waals surface area contributed by atoms with E-state index in [9.17, 15) is 9.90 Å². The minimum Gasteiger partial charge on any atom is -0.478 e. The number of nitrogens with zero attached hydrogens (tertiary/aromatic N) is 1. The first-order chi connectivity index (χ1) is 10.2. The van der Waals surface area contributed by atoms with Crippen LogP contribution < -0.4 is 0 Å². The zero-order valence-corrected chi connectivity index (χ0v) is 11.5. The van der Waals surface area contributed by atoms with Gasteiger partial charge in [0.05, 0.1) is 16.8 Å². The van der Waals surface area contributed by atoms with E-state index >= 15 is 0 Å². The minimum atomic E-state index is -0.885. The quantitative estimate of drug-likeness (QED) is 0.728. The predicted molar refractivity (Wildman–Crippen MR) is 81.7 cm³/mol. The van der Waals surface area contributed by atoms with E-state index in [1.807, 2.05) is 49.4 Å². The smallest absolute Gasteiger partial charge is 0.336 e. The molecule has 1 heterocycles. The Balaban J connectivity index is 2.19. The van der Waals surface area contributed by atoms with E-state index in [1.54, 1.807) is 0 Å². The van der Waals surface area contributed by atoms with Gasteiger partial charge in [0.25, 0.3) is 0 Å². The molecule has 0 saturated heterocycles. The molecule has 0 spiro atoms. The van der Waals surface area contributed by atoms with Crippen LogP contribution in [0.15, 0.2) is 48.5 Å². The van der Waals surface area contributed by atoms with E-state index in [1.165, 1.54) is 0 Å². The maximum absolute atomic E-state index is 11.8. The molecule has 1 aromatic heterocycles. The highest BCUT2D eigenvalue weighted by Crippen LogP contribution is 2.46. The van der Waals surface area contributed by atoms with Gasteiger partial charge in [-0.25, -0.2) is 9.78 Å². The van der Waals surface area contributed by atoms with Crippen LogP contribution in [-0.4, -0.2) is 16.1 Å². The Morgan fingerprint density at radius 2 is 1.81 bits per heavy atom. The SMILES string of the molecule is CC1c2ccccc2-c2nc3ccccc3c(C(=O)O)c21. The number of para-hydroxylation sites is 1. The molecule has 0 aliphatic heterocycles. The molecular formula is C18H13NO2. The molecule has 21 heavy (non-hydrogen) atoms. The lowest BCUT2D eigenvalue weighted by atomic mass is 9.93. The van der Waals surface area contributed by atoms with Crippen LogP contribution in [0.25, 0.3) is 22.2 Å². The number of hydrogen-bond acceptors (Lipinski definition) is 2. The van der Waals surface area contributed by atoms with Gasteiger partial charge in [0.2, 0.25) is 0 Å². The first kappa shape index (κ1) is 12.1. The Morgan fingerprint density at radius 1 is 1.10 bits per heavy atom. The van der Waals surface area contributed by atoms with E-state index in [0.717, 1.165) is 27.9 Å². The highest BCUT2D eigenvalue weighted by atomic mass is 16.4. The number of fused-ring (bicyclic) bond motifs is 4. The largest absolute Gasteiger partial charge is 0.478 e. The lowest BCUT2D eigenvalue weighted by molar-refractivity contribution is 0.0697. The third-order valence-electron chi connectivity index (χ3n) is 4.26. The second kappa shape index (κ2) is 4.16. The number of aromatic carboxylic acids is 1. The first-order valence-electron chi connectivity index (χ1n) is 6.93. The Morgan fingerprint density at radius 3 is 2.62 bits per heavy atom. The molecule has 0 radical (unpaired) electrons. The molecule has 1 aliphatic rings. The van der Waals surface area contributed by atoms with Crippen LogP contribution in [-0.2, 0) is 0 Å². The van der Waals surface area contributed by atoms with Crippen LogP contribution >= 0.6 is 0 Å². The molecule has 0 saturated carbocycles. The fourth-order valence-corrected chi connectivity index (χ4v) is 3.33. The second-order valence-corrected chi connectivity index (χ2v) is 5.38. The number of carboxylic acids is 1. The molecule has 2 aromatic carbocycles. The zero-order valence-electron chi connectivity index (χ0n) is 11.5. The van der Waals surface area contributed by atoms with Crippen molar-refractivity contribution >= 4 is 16.9 Å². The summed E-state index contributed by atoms with van der Waals surface area (Å²) in [5.74, 6) is -0.830. The van der Waals surface area contributed by atoms with Crippen LogP contribution in [0.2, 0.25) is 0 Å². The number of aromatic nitrogens is 1. The molecule has 0 amide bonds. The van der Waals surface area contributed by atoms with Crippen molar-refractivity contribution in [1.82, 2.24) is 4.98 Å². The molecule has 3 heteroatoms. The molecular weight excluding hydrogens is 262 g/mol. The van der Waals surface area contributed by atoms with Crippen molar-refractivity contribution in [2.45, 2.75) is 12.8 Å². The normalized spacial score (nSPS) is 15.8. The minimum absolute atomic E-state index is 0.0550. The van der Waals surface area contributed by atoms with Crippen LogP contribution in [0.5, 0.6) is 0 Å². The standard InChI is InChI=1S/C18H13NO2/c1-10-11-6-2-3-7-12(11)17-15(10)16(18(20)21)13-8-4-5-9-14(13)19-17/h2-10H,1H3,(H,20,21). The van der Waals surface area contributed by atoms with E-state index in [2.05, 4.69) is 6.07 Å². The number of pyridine rings is 1. The van der Waals surface area contributed by atoms with Gasteiger partial charge in [-0.1, -0.05) is 49.4 Å². The van der Waals surface area contributed by atoms with Gasteiger partial charge in [-0.15, -0.1) is 0 Å². The number of hydrogen-bond donors (Lipinski definition) is 1. The lowest BCUT2D eigenvalue weighted by Gasteiger charge is -2.12. The third kappa shape index (κ3) is 1.54. The molecule has 0 bridgehead atoms. The van der Waals surface area contributed by atoms with Gasteiger partial charge in [0, 0.05) is 22.4 Å². The van der Waals surface area contributed by atoms with Crippen molar-refractivity contribution in [2.24, 2.45) is 0 Å². The summed E-state index contributed by atoms with van der Waals surface area (Å²) in [6.07, 6.45) is 0. The molecule has 1 aliphatic carbocycles. The maximum atomic E-state index is 11.8. The van der Waals surface area contributed by atoms with Crippen molar-refractivity contribution in [3.63, 3.8) is 0 Å². The first-order valence-corrected chi connectivity index (χ1v) is 6.93. The fourth-order valence-electron chi connectivity index (χ4n) is 3.33. The Kier molecular flexibility index (Phi) is 2.39. The van der Waals surface area contributed by atoms with Crippen molar-refractivity contribution in [1.29, 1.82) is 0 Å². The monoisotopic (exact) mass is 275 g/mol. The summed E-state index contributed by atoms with van der Waals surface area (Å²) in [5, 5.41) is 10.4. The summed E-state index contributed by atoms with van der Waals surface area (Å²) in [6, 6.07) is 15.5. The van der Waals surface area contributed by atoms with Crippen molar-refractivity contribution in [2.75, 3.05) is 0 Å². The molecule has 1 N–H and O–H groups in total. The Bertz CT molecular complexity index is 899. The average Bonchev–Trinajstić information content (AvgIpc) is 2.78. The molecule has 0 fully saturated rings. The van der Waals surface area contributed by atoms with E-state index in [-0.39, 0.29) is 5.92 Å². The summed E-state index contributed by atoms with van der Waals surface area (Å²) in [6.45, 7) is 2.05. The van der Waals surface area contributed by atoms with Gasteiger partial charge in [0.15, 0.2) is 0 Å². The molecule has 102 valence electrons. The van der Waals surface area contributed by atoms with Gasteiger partial charge in [-0.3, -0.25) is 0 Å². The third-order valence-corrected chi connectivity index (χ3v) is 4.26. The summed E-state index contributed by atoms with van der Waals surface area (Å²) < 4.78 is 0. The van der Waals surface area contributed by atoms with Gasteiger partial charge >= 0.3 is 5.97 Å². The maximum Gasteiger partial charge on any atom is 0.336 e. The molecule has 3 aromatic rings. The van der Waals surface area contributed by atoms with E-state index < -0.39 is 5.97 Å². The fraction of sp³-hybridized carbons (Fsp3) is 0.111. The molecule has 4 rings (SSSR count). The van der Waals surface area contributed by atoms with Crippen molar-refractivity contribution in [3.05, 3.63) is 65.2 Å². The van der Waals surface area contributed by atoms with Gasteiger partial charge in [-0.05, 0) is 11.6 Å². The second-order valence-electron chi connectivity index (χ2n) is 5.38. The summed E-state index contributed by atoms with van der Waals surface area (Å²) >= 11 is 0. The van der Waals surface area contributed by atoms with Crippen LogP contribution in [0.3, 0.4) is 0 Å². The summed E-state index contributed by atoms with van der Waals surface area (Å²) in [7, 11) is 0. The number of rotatable bonds is 1. The van der Waals surface area contributed by atoms with Crippen molar-refractivity contribution in [3.8, 4) is 11.3 Å². The Labute approximate surface area is 121 Å². The highest BCUT2D eigenvalue weighted by molar-refractivity contribution is 6.07. The Hall–Kier alpha value is -2.68. The van der Waals surface area contributed by atoms with Crippen molar-refractivity contribution < 1.29 is 9.90 Å². The van der Waals surface area contributed by atoms with Gasteiger partial charge in [-0.2, -0.15) is 0 Å². The average molecular weight is 275 g/mol. The van der Waals surface area contributed by atoms with Crippen LogP contribution in [0.1, 0.15) is 34.3 Å². The number of benzene rings is 2. The number of carboxylic acid groups (broad SMARTS) is 1. The van der Waals surface area contributed by atoms with Gasteiger partial charge < -0.3 is 5.11 Å². The highest BCUT2D eigenvalue weighted by Gasteiger charge is 2.32. The van der Waals surface area contributed by atoms with E-state index in [0.29, 0.717) is 10.9 Å². The molecule has 3 nitrogen and oxygen atoms in total. The molecule has 1 unspecified atom stereocenters.